The summed E-state index contributed by atoms with van der Waals surface area (Å²) in [6, 6.07) is 0.0629. The van der Waals surface area contributed by atoms with Crippen molar-refractivity contribution in [1.82, 2.24) is 10.2 Å². The molecule has 1 N–H and O–H groups in total. The normalized spacial score (nSPS) is 18.2. The van der Waals surface area contributed by atoms with Crippen LogP contribution in [0.1, 0.15) is 47.5 Å². The molecule has 1 saturated heterocycles. The van der Waals surface area contributed by atoms with E-state index in [-0.39, 0.29) is 17.6 Å². The topological polar surface area (TPSA) is 41.6 Å². The first-order valence-corrected chi connectivity index (χ1v) is 6.96. The summed E-state index contributed by atoms with van der Waals surface area (Å²) in [7, 11) is 0. The molecule has 0 unspecified atom stereocenters. The molecule has 1 fully saturated rings. The fraction of sp³-hybridized carbons (Fsp3) is 0.929. The third-order valence-corrected chi connectivity index (χ3v) is 2.96. The molecule has 0 saturated carbocycles. The van der Waals surface area contributed by atoms with Crippen LogP contribution >= 0.6 is 0 Å². The Morgan fingerprint density at radius 1 is 1.33 bits per heavy atom. The molecule has 1 heterocycles. The summed E-state index contributed by atoms with van der Waals surface area (Å²) in [4.78, 5) is 13.8. The predicted molar refractivity (Wildman–Crippen MR) is 73.7 cm³/mol. The van der Waals surface area contributed by atoms with E-state index in [2.05, 4.69) is 39.9 Å². The Balaban J connectivity index is 2.27. The quantitative estimate of drug-likeness (QED) is 0.843. The first kappa shape index (κ1) is 15.3. The van der Waals surface area contributed by atoms with Crippen molar-refractivity contribution in [3.63, 3.8) is 0 Å². The van der Waals surface area contributed by atoms with Gasteiger partial charge in [0, 0.05) is 19.6 Å². The van der Waals surface area contributed by atoms with Crippen molar-refractivity contribution in [2.75, 3.05) is 19.6 Å². The van der Waals surface area contributed by atoms with E-state index in [1.54, 1.807) is 0 Å². The molecule has 0 aliphatic carbocycles. The molecule has 0 atom stereocenters. The van der Waals surface area contributed by atoms with Crippen LogP contribution in [0.3, 0.4) is 0 Å². The summed E-state index contributed by atoms with van der Waals surface area (Å²) in [5.41, 5.74) is 0.134. The number of carbonyl (C=O) groups excluding carboxylic acids is 1. The minimum absolute atomic E-state index is 0.0629. The van der Waals surface area contributed by atoms with E-state index in [4.69, 9.17) is 4.74 Å². The fourth-order valence-corrected chi connectivity index (χ4v) is 2.03. The number of nitrogens with one attached hydrogen (secondary N) is 1. The van der Waals surface area contributed by atoms with Gasteiger partial charge < -0.3 is 15.0 Å². The maximum absolute atomic E-state index is 11.9. The van der Waals surface area contributed by atoms with Gasteiger partial charge >= 0.3 is 6.03 Å². The lowest BCUT2D eigenvalue weighted by Crippen LogP contribution is -2.47. The fourth-order valence-electron chi connectivity index (χ4n) is 2.03. The molecule has 1 aliphatic heterocycles. The van der Waals surface area contributed by atoms with Crippen LogP contribution < -0.4 is 5.32 Å². The smallest absolute Gasteiger partial charge is 0.317 e. The summed E-state index contributed by atoms with van der Waals surface area (Å²) in [5, 5.41) is 2.99. The highest BCUT2D eigenvalue weighted by molar-refractivity contribution is 5.74. The van der Waals surface area contributed by atoms with Gasteiger partial charge in [-0.3, -0.25) is 0 Å². The van der Waals surface area contributed by atoms with Gasteiger partial charge in [0.2, 0.25) is 0 Å². The number of likely N-dealkylation sites (tertiary alicyclic amines) is 1. The Morgan fingerprint density at radius 2 is 1.89 bits per heavy atom. The Hall–Kier alpha value is -0.770. The molecule has 106 valence electrons. The molecule has 0 aromatic heterocycles. The Bertz CT molecular complexity index is 263. The minimum atomic E-state index is 0.0629. The molecular formula is C14H28N2O2. The van der Waals surface area contributed by atoms with Gasteiger partial charge in [-0.25, -0.2) is 4.79 Å². The highest BCUT2D eigenvalue weighted by Crippen LogP contribution is 2.16. The zero-order valence-corrected chi connectivity index (χ0v) is 12.5. The number of urea groups is 1. The molecule has 4 heteroatoms. The van der Waals surface area contributed by atoms with Crippen molar-refractivity contribution in [2.45, 2.75) is 59.7 Å². The molecule has 1 aliphatic rings. The largest absolute Gasteiger partial charge is 0.375 e. The van der Waals surface area contributed by atoms with Crippen molar-refractivity contribution in [3.8, 4) is 0 Å². The van der Waals surface area contributed by atoms with Crippen LogP contribution in [0.15, 0.2) is 0 Å². The molecule has 18 heavy (non-hydrogen) atoms. The molecule has 0 aromatic carbocycles. The summed E-state index contributed by atoms with van der Waals surface area (Å²) >= 11 is 0. The van der Waals surface area contributed by atoms with Crippen LogP contribution in [-0.4, -0.2) is 42.8 Å². The minimum Gasteiger partial charge on any atom is -0.375 e. The van der Waals surface area contributed by atoms with Crippen LogP contribution in [0.25, 0.3) is 0 Å². The third kappa shape index (κ3) is 5.71. The van der Waals surface area contributed by atoms with E-state index >= 15 is 0 Å². The molecule has 0 spiro atoms. The predicted octanol–water partition coefficient (Wildman–Crippen LogP) is 2.63. The Kier molecular flexibility index (Phi) is 5.45. The number of rotatable bonds is 3. The molecule has 1 rings (SSSR count). The van der Waals surface area contributed by atoms with E-state index in [9.17, 15) is 4.79 Å². The number of hydrogen-bond acceptors (Lipinski definition) is 2. The number of piperidine rings is 1. The van der Waals surface area contributed by atoms with E-state index in [1.807, 2.05) is 4.90 Å². The molecule has 0 radical (unpaired) electrons. The number of hydrogen-bond donors (Lipinski definition) is 1. The summed E-state index contributed by atoms with van der Waals surface area (Å²) in [6.45, 7) is 12.8. The second-order valence-electron chi connectivity index (χ2n) is 6.59. The van der Waals surface area contributed by atoms with Crippen molar-refractivity contribution in [1.29, 1.82) is 0 Å². The maximum atomic E-state index is 11.9. The first-order chi connectivity index (χ1) is 8.28. The molecular weight excluding hydrogens is 228 g/mol. The summed E-state index contributed by atoms with van der Waals surface area (Å²) < 4.78 is 5.78. The molecule has 0 bridgehead atoms. The highest BCUT2D eigenvalue weighted by Gasteiger charge is 2.24. The molecule has 4 nitrogen and oxygen atoms in total. The van der Waals surface area contributed by atoms with Gasteiger partial charge in [-0.1, -0.05) is 20.8 Å². The highest BCUT2D eigenvalue weighted by atomic mass is 16.5. The van der Waals surface area contributed by atoms with Gasteiger partial charge in [-0.15, -0.1) is 0 Å². The average Bonchev–Trinajstić information content (AvgIpc) is 2.25. The standard InChI is InChI=1S/C14H28N2O2/c1-11(2)18-12-6-8-16(9-7-12)13(17)15-10-14(3,4)5/h11-12H,6-10H2,1-5H3,(H,15,17). The van der Waals surface area contributed by atoms with E-state index in [1.165, 1.54) is 0 Å². The van der Waals surface area contributed by atoms with Gasteiger partial charge in [0.05, 0.1) is 12.2 Å². The zero-order valence-electron chi connectivity index (χ0n) is 12.5. The van der Waals surface area contributed by atoms with E-state index < -0.39 is 0 Å². The summed E-state index contributed by atoms with van der Waals surface area (Å²) in [5.74, 6) is 0. The van der Waals surface area contributed by atoms with Crippen molar-refractivity contribution < 1.29 is 9.53 Å². The van der Waals surface area contributed by atoms with Gasteiger partial charge in [-0.2, -0.15) is 0 Å². The number of carbonyl (C=O) groups is 1. The Labute approximate surface area is 111 Å². The van der Waals surface area contributed by atoms with Crippen molar-refractivity contribution in [3.05, 3.63) is 0 Å². The second-order valence-corrected chi connectivity index (χ2v) is 6.59. The van der Waals surface area contributed by atoms with Crippen LogP contribution in [0.4, 0.5) is 4.79 Å². The maximum Gasteiger partial charge on any atom is 0.317 e. The van der Waals surface area contributed by atoms with Crippen LogP contribution in [-0.2, 0) is 4.74 Å². The van der Waals surface area contributed by atoms with Crippen LogP contribution in [0.5, 0.6) is 0 Å². The Morgan fingerprint density at radius 3 is 2.33 bits per heavy atom. The number of amides is 2. The zero-order chi connectivity index (χ0) is 13.8. The van der Waals surface area contributed by atoms with Gasteiger partial charge in [0.1, 0.15) is 0 Å². The monoisotopic (exact) mass is 256 g/mol. The number of ether oxygens (including phenoxy) is 1. The molecule has 0 aromatic rings. The first-order valence-electron chi connectivity index (χ1n) is 6.96. The lowest BCUT2D eigenvalue weighted by atomic mass is 9.97. The lowest BCUT2D eigenvalue weighted by molar-refractivity contribution is -0.0211. The van der Waals surface area contributed by atoms with Gasteiger partial charge in [-0.05, 0) is 32.1 Å². The number of nitrogens with zero attached hydrogens (tertiary/aromatic N) is 1. The molecule has 2 amide bonds. The van der Waals surface area contributed by atoms with Crippen LogP contribution in [0.2, 0.25) is 0 Å². The second kappa shape index (κ2) is 6.41. The van der Waals surface area contributed by atoms with Crippen LogP contribution in [0, 0.1) is 5.41 Å². The van der Waals surface area contributed by atoms with Gasteiger partial charge in [0.15, 0.2) is 0 Å². The van der Waals surface area contributed by atoms with Gasteiger partial charge in [0.25, 0.3) is 0 Å². The van der Waals surface area contributed by atoms with E-state index in [0.717, 1.165) is 25.9 Å². The van der Waals surface area contributed by atoms with E-state index in [0.29, 0.717) is 12.6 Å². The van der Waals surface area contributed by atoms with Crippen molar-refractivity contribution >= 4 is 6.03 Å². The SMILES string of the molecule is CC(C)OC1CCN(C(=O)NCC(C)(C)C)CC1. The summed E-state index contributed by atoms with van der Waals surface area (Å²) in [6.07, 6.45) is 2.48. The van der Waals surface area contributed by atoms with Crippen molar-refractivity contribution in [2.24, 2.45) is 5.41 Å². The average molecular weight is 256 g/mol. The lowest BCUT2D eigenvalue weighted by Gasteiger charge is -2.33. The third-order valence-electron chi connectivity index (χ3n) is 2.96.